The van der Waals surface area contributed by atoms with Gasteiger partial charge in [-0.05, 0) is 28.6 Å². The third kappa shape index (κ3) is 3.93. The number of aryl methyl sites for hydroxylation is 1. The van der Waals surface area contributed by atoms with Gasteiger partial charge in [-0.25, -0.2) is 0 Å². The van der Waals surface area contributed by atoms with Crippen molar-refractivity contribution >= 4 is 16.8 Å². The SMILES string of the molecule is O=C(CCn1ccc2ccccc21)NC(c1ccccc1)c1ccccc1. The Morgan fingerprint density at radius 2 is 1.37 bits per heavy atom. The molecule has 3 heteroatoms. The molecule has 0 aliphatic rings. The van der Waals surface area contributed by atoms with Crippen LogP contribution in [0.2, 0.25) is 0 Å². The van der Waals surface area contributed by atoms with Gasteiger partial charge in [0.1, 0.15) is 0 Å². The minimum atomic E-state index is -0.138. The summed E-state index contributed by atoms with van der Waals surface area (Å²) < 4.78 is 2.13. The van der Waals surface area contributed by atoms with Gasteiger partial charge in [-0.1, -0.05) is 78.9 Å². The van der Waals surface area contributed by atoms with Gasteiger partial charge in [0, 0.05) is 24.7 Å². The summed E-state index contributed by atoms with van der Waals surface area (Å²) >= 11 is 0. The normalized spacial score (nSPS) is 11.0. The summed E-state index contributed by atoms with van der Waals surface area (Å²) in [5.41, 5.74) is 3.33. The second-order valence-corrected chi connectivity index (χ2v) is 6.64. The molecule has 0 atom stereocenters. The van der Waals surface area contributed by atoms with Crippen molar-refractivity contribution in [3.05, 3.63) is 108 Å². The van der Waals surface area contributed by atoms with E-state index in [1.807, 2.05) is 54.7 Å². The molecule has 0 spiro atoms. The van der Waals surface area contributed by atoms with Crippen molar-refractivity contribution in [3.8, 4) is 0 Å². The molecule has 1 amide bonds. The Hall–Kier alpha value is -3.33. The third-order valence-corrected chi connectivity index (χ3v) is 4.83. The molecule has 1 aromatic heterocycles. The van der Waals surface area contributed by atoms with Gasteiger partial charge in [0.05, 0.1) is 6.04 Å². The van der Waals surface area contributed by atoms with Crippen molar-refractivity contribution in [1.29, 1.82) is 0 Å². The van der Waals surface area contributed by atoms with Crippen molar-refractivity contribution in [3.63, 3.8) is 0 Å². The monoisotopic (exact) mass is 354 g/mol. The molecule has 4 rings (SSSR count). The molecule has 134 valence electrons. The summed E-state index contributed by atoms with van der Waals surface area (Å²) in [6.07, 6.45) is 2.48. The number of benzene rings is 3. The number of rotatable bonds is 6. The number of fused-ring (bicyclic) bond motifs is 1. The Balaban J connectivity index is 1.49. The number of para-hydroxylation sites is 1. The lowest BCUT2D eigenvalue weighted by atomic mass is 9.98. The van der Waals surface area contributed by atoms with Crippen LogP contribution in [0.4, 0.5) is 0 Å². The van der Waals surface area contributed by atoms with Gasteiger partial charge in [-0.15, -0.1) is 0 Å². The zero-order chi connectivity index (χ0) is 18.5. The van der Waals surface area contributed by atoms with Gasteiger partial charge < -0.3 is 9.88 Å². The molecule has 27 heavy (non-hydrogen) atoms. The van der Waals surface area contributed by atoms with Gasteiger partial charge in [0.2, 0.25) is 5.91 Å². The third-order valence-electron chi connectivity index (χ3n) is 4.83. The summed E-state index contributed by atoms with van der Waals surface area (Å²) in [6.45, 7) is 0.662. The lowest BCUT2D eigenvalue weighted by Gasteiger charge is -2.20. The van der Waals surface area contributed by atoms with Crippen LogP contribution in [-0.4, -0.2) is 10.5 Å². The molecule has 4 aromatic rings. The van der Waals surface area contributed by atoms with Crippen molar-refractivity contribution in [2.24, 2.45) is 0 Å². The van der Waals surface area contributed by atoms with E-state index >= 15 is 0 Å². The maximum absolute atomic E-state index is 12.7. The zero-order valence-corrected chi connectivity index (χ0v) is 15.1. The van der Waals surface area contributed by atoms with Gasteiger partial charge in [0.25, 0.3) is 0 Å². The molecular formula is C24H22N2O. The van der Waals surface area contributed by atoms with E-state index in [0.717, 1.165) is 16.6 Å². The standard InChI is InChI=1S/C24H22N2O/c27-23(16-18-26-17-15-19-9-7-8-14-22(19)26)25-24(20-10-3-1-4-11-20)21-12-5-2-6-13-21/h1-15,17,24H,16,18H2,(H,25,27). The maximum Gasteiger partial charge on any atom is 0.222 e. The van der Waals surface area contributed by atoms with Crippen LogP contribution in [0.15, 0.2) is 97.2 Å². The van der Waals surface area contributed by atoms with Gasteiger partial charge >= 0.3 is 0 Å². The van der Waals surface area contributed by atoms with E-state index in [9.17, 15) is 4.79 Å². The number of hydrogen-bond acceptors (Lipinski definition) is 1. The molecule has 3 nitrogen and oxygen atoms in total. The molecule has 0 fully saturated rings. The lowest BCUT2D eigenvalue weighted by molar-refractivity contribution is -0.121. The predicted molar refractivity (Wildman–Crippen MR) is 109 cm³/mol. The number of amides is 1. The number of nitrogens with one attached hydrogen (secondary N) is 1. The second-order valence-electron chi connectivity index (χ2n) is 6.64. The lowest BCUT2D eigenvalue weighted by Crippen LogP contribution is -2.29. The fourth-order valence-electron chi connectivity index (χ4n) is 3.44. The number of hydrogen-bond donors (Lipinski definition) is 1. The highest BCUT2D eigenvalue weighted by molar-refractivity contribution is 5.81. The summed E-state index contributed by atoms with van der Waals surface area (Å²) in [4.78, 5) is 12.7. The van der Waals surface area contributed by atoms with Crippen LogP contribution in [-0.2, 0) is 11.3 Å². The Labute approximate surface area is 159 Å². The van der Waals surface area contributed by atoms with Crippen LogP contribution in [0, 0.1) is 0 Å². The van der Waals surface area contributed by atoms with Crippen LogP contribution < -0.4 is 5.32 Å². The average molecular weight is 354 g/mol. The van der Waals surface area contributed by atoms with Gasteiger partial charge in [-0.3, -0.25) is 4.79 Å². The fraction of sp³-hybridized carbons (Fsp3) is 0.125. The first-order valence-electron chi connectivity index (χ1n) is 9.24. The summed E-state index contributed by atoms with van der Waals surface area (Å²) in [7, 11) is 0. The van der Waals surface area contributed by atoms with E-state index in [1.165, 1.54) is 5.39 Å². The highest BCUT2D eigenvalue weighted by Gasteiger charge is 2.16. The minimum absolute atomic E-state index is 0.0467. The van der Waals surface area contributed by atoms with Crippen LogP contribution in [0.1, 0.15) is 23.6 Å². The van der Waals surface area contributed by atoms with E-state index in [4.69, 9.17) is 0 Å². The largest absolute Gasteiger partial charge is 0.347 e. The molecule has 0 unspecified atom stereocenters. The first-order valence-corrected chi connectivity index (χ1v) is 9.24. The predicted octanol–water partition coefficient (Wildman–Crippen LogP) is 4.94. The molecule has 0 bridgehead atoms. The Bertz CT molecular complexity index is 982. The van der Waals surface area contributed by atoms with Crippen LogP contribution in [0.5, 0.6) is 0 Å². The first-order chi connectivity index (χ1) is 13.3. The second kappa shape index (κ2) is 7.92. The van der Waals surface area contributed by atoms with Gasteiger partial charge in [-0.2, -0.15) is 0 Å². The van der Waals surface area contributed by atoms with Crippen molar-refractivity contribution < 1.29 is 4.79 Å². The highest BCUT2D eigenvalue weighted by Crippen LogP contribution is 2.22. The smallest absolute Gasteiger partial charge is 0.222 e. The first kappa shape index (κ1) is 17.1. The van der Waals surface area contributed by atoms with E-state index in [2.05, 4.69) is 52.3 Å². The van der Waals surface area contributed by atoms with Gasteiger partial charge in [0.15, 0.2) is 0 Å². The molecule has 0 saturated carbocycles. The number of carbonyl (C=O) groups excluding carboxylic acids is 1. The molecule has 3 aromatic carbocycles. The number of aromatic nitrogens is 1. The van der Waals surface area contributed by atoms with Crippen molar-refractivity contribution in [1.82, 2.24) is 9.88 Å². The summed E-state index contributed by atoms with van der Waals surface area (Å²) in [5.74, 6) is 0.0467. The highest BCUT2D eigenvalue weighted by atomic mass is 16.1. The Morgan fingerprint density at radius 3 is 2.04 bits per heavy atom. The topological polar surface area (TPSA) is 34.0 Å². The molecule has 0 aliphatic heterocycles. The average Bonchev–Trinajstić information content (AvgIpc) is 3.15. The minimum Gasteiger partial charge on any atom is -0.347 e. The van der Waals surface area contributed by atoms with Crippen molar-refractivity contribution in [2.75, 3.05) is 0 Å². The molecule has 1 N–H and O–H groups in total. The quantitative estimate of drug-likeness (QED) is 0.523. The Kier molecular flexibility index (Phi) is 5.01. The van der Waals surface area contributed by atoms with Crippen LogP contribution in [0.25, 0.3) is 10.9 Å². The van der Waals surface area contributed by atoms with Crippen LogP contribution in [0.3, 0.4) is 0 Å². The summed E-state index contributed by atoms with van der Waals surface area (Å²) in [5, 5.41) is 4.41. The fourth-order valence-corrected chi connectivity index (χ4v) is 3.44. The van der Waals surface area contributed by atoms with E-state index < -0.39 is 0 Å². The molecule has 0 saturated heterocycles. The Morgan fingerprint density at radius 1 is 0.778 bits per heavy atom. The number of carbonyl (C=O) groups is 1. The number of nitrogens with zero attached hydrogens (tertiary/aromatic N) is 1. The molecule has 1 heterocycles. The maximum atomic E-state index is 12.7. The molecule has 0 radical (unpaired) electrons. The zero-order valence-electron chi connectivity index (χ0n) is 15.1. The molecular weight excluding hydrogens is 332 g/mol. The van der Waals surface area contributed by atoms with E-state index in [-0.39, 0.29) is 11.9 Å². The van der Waals surface area contributed by atoms with E-state index in [1.54, 1.807) is 0 Å². The van der Waals surface area contributed by atoms with E-state index in [0.29, 0.717) is 13.0 Å². The summed E-state index contributed by atoms with van der Waals surface area (Å²) in [6, 6.07) is 30.4. The molecule has 0 aliphatic carbocycles. The van der Waals surface area contributed by atoms with Crippen LogP contribution >= 0.6 is 0 Å². The van der Waals surface area contributed by atoms with Crippen molar-refractivity contribution in [2.45, 2.75) is 19.0 Å².